The number of methoxy groups -OCH3 is 1. The number of hydrogen-bond acceptors (Lipinski definition) is 5. The Balaban J connectivity index is 1.61. The molecule has 1 aliphatic carbocycles. The van der Waals surface area contributed by atoms with E-state index in [1.54, 1.807) is 36.0 Å². The molecule has 0 radical (unpaired) electrons. The van der Waals surface area contributed by atoms with Crippen molar-refractivity contribution in [2.75, 3.05) is 7.11 Å². The lowest BCUT2D eigenvalue weighted by molar-refractivity contribution is -0.137. The van der Waals surface area contributed by atoms with Crippen LogP contribution in [0.4, 0.5) is 13.2 Å². The van der Waals surface area contributed by atoms with Gasteiger partial charge in [-0.1, -0.05) is 12.1 Å². The standard InChI is InChI=1S/C28H23F3N4O2/c1-36-24-8-4-5-19(27(24)37-21-6-2-3-7-21)10-14-26-34-22-15-20(28(29,30)31)11-12-23(22)35(26)25-13-9-18(16-32)17-33-25/h4-5,8-15,17,21H,2-3,6-7H2,1H3. The molecule has 0 aliphatic heterocycles. The Labute approximate surface area is 211 Å². The van der Waals surface area contributed by atoms with Crippen molar-refractivity contribution in [2.24, 2.45) is 0 Å². The van der Waals surface area contributed by atoms with Crippen molar-refractivity contribution >= 4 is 23.2 Å². The van der Waals surface area contributed by atoms with Crippen LogP contribution in [-0.4, -0.2) is 27.7 Å². The molecule has 2 aromatic heterocycles. The van der Waals surface area contributed by atoms with Crippen molar-refractivity contribution in [3.05, 3.63) is 77.2 Å². The Morgan fingerprint density at radius 1 is 1.08 bits per heavy atom. The monoisotopic (exact) mass is 504 g/mol. The second-order valence-electron chi connectivity index (χ2n) is 8.76. The molecule has 188 valence electrons. The molecule has 0 saturated heterocycles. The number of nitrogens with zero attached hydrogens (tertiary/aromatic N) is 4. The molecule has 2 heterocycles. The van der Waals surface area contributed by atoms with E-state index in [4.69, 9.17) is 14.7 Å². The van der Waals surface area contributed by atoms with Gasteiger partial charge in [-0.2, -0.15) is 18.4 Å². The third-order valence-electron chi connectivity index (χ3n) is 6.34. The Kier molecular flexibility index (Phi) is 6.57. The molecule has 1 fully saturated rings. The van der Waals surface area contributed by atoms with Crippen LogP contribution in [0.1, 0.15) is 48.2 Å². The molecule has 5 rings (SSSR count). The number of imidazole rings is 1. The first-order valence-corrected chi connectivity index (χ1v) is 11.9. The Morgan fingerprint density at radius 2 is 1.89 bits per heavy atom. The van der Waals surface area contributed by atoms with Crippen molar-refractivity contribution in [2.45, 2.75) is 38.0 Å². The molecule has 1 saturated carbocycles. The van der Waals surface area contributed by atoms with Crippen LogP contribution in [0.25, 0.3) is 29.0 Å². The van der Waals surface area contributed by atoms with E-state index in [0.717, 1.165) is 43.4 Å². The molecule has 6 nitrogen and oxygen atoms in total. The molecule has 0 spiro atoms. The smallest absolute Gasteiger partial charge is 0.416 e. The lowest BCUT2D eigenvalue weighted by Gasteiger charge is -2.18. The van der Waals surface area contributed by atoms with Crippen LogP contribution in [0.2, 0.25) is 0 Å². The Morgan fingerprint density at radius 3 is 2.57 bits per heavy atom. The second-order valence-corrected chi connectivity index (χ2v) is 8.76. The van der Waals surface area contributed by atoms with E-state index in [1.807, 2.05) is 24.3 Å². The molecular formula is C28H23F3N4O2. The molecule has 0 unspecified atom stereocenters. The summed E-state index contributed by atoms with van der Waals surface area (Å²) >= 11 is 0. The zero-order chi connectivity index (χ0) is 26.0. The number of pyridine rings is 1. The van der Waals surface area contributed by atoms with Crippen LogP contribution in [0, 0.1) is 11.3 Å². The molecular weight excluding hydrogens is 481 g/mol. The number of fused-ring (bicyclic) bond motifs is 1. The van der Waals surface area contributed by atoms with Crippen molar-refractivity contribution in [1.29, 1.82) is 5.26 Å². The van der Waals surface area contributed by atoms with Crippen molar-refractivity contribution < 1.29 is 22.6 Å². The average molecular weight is 505 g/mol. The lowest BCUT2D eigenvalue weighted by Crippen LogP contribution is -2.12. The maximum Gasteiger partial charge on any atom is 0.416 e. The summed E-state index contributed by atoms with van der Waals surface area (Å²) in [6, 6.07) is 14.2. The minimum atomic E-state index is -4.49. The average Bonchev–Trinajstić information content (AvgIpc) is 3.54. The highest BCUT2D eigenvalue weighted by Crippen LogP contribution is 2.36. The van der Waals surface area contributed by atoms with Gasteiger partial charge in [-0.3, -0.25) is 4.57 Å². The van der Waals surface area contributed by atoms with Gasteiger partial charge in [0, 0.05) is 11.8 Å². The number of ether oxygens (including phenoxy) is 2. The van der Waals surface area contributed by atoms with E-state index in [1.165, 1.54) is 12.3 Å². The first kappa shape index (κ1) is 24.4. The third-order valence-corrected chi connectivity index (χ3v) is 6.34. The fourth-order valence-electron chi connectivity index (χ4n) is 4.50. The number of rotatable bonds is 6. The first-order chi connectivity index (χ1) is 17.9. The van der Waals surface area contributed by atoms with Gasteiger partial charge in [-0.05, 0) is 74.2 Å². The van der Waals surface area contributed by atoms with Crippen LogP contribution < -0.4 is 9.47 Å². The molecule has 2 aromatic carbocycles. The van der Waals surface area contributed by atoms with Crippen molar-refractivity contribution in [1.82, 2.24) is 14.5 Å². The second kappa shape index (κ2) is 9.97. The maximum atomic E-state index is 13.4. The van der Waals surface area contributed by atoms with Crippen LogP contribution in [-0.2, 0) is 6.18 Å². The maximum absolute atomic E-state index is 13.4. The number of para-hydroxylation sites is 1. The third kappa shape index (κ3) is 5.00. The quantitative estimate of drug-likeness (QED) is 0.288. The summed E-state index contributed by atoms with van der Waals surface area (Å²) in [5.74, 6) is 2.02. The molecule has 0 atom stereocenters. The van der Waals surface area contributed by atoms with Gasteiger partial charge < -0.3 is 9.47 Å². The van der Waals surface area contributed by atoms with Gasteiger partial charge >= 0.3 is 6.18 Å². The molecule has 9 heteroatoms. The normalized spacial score (nSPS) is 14.4. The highest BCUT2D eigenvalue weighted by atomic mass is 19.4. The van der Waals surface area contributed by atoms with Gasteiger partial charge in [0.25, 0.3) is 0 Å². The number of nitriles is 1. The number of benzene rings is 2. The van der Waals surface area contributed by atoms with Crippen LogP contribution in [0.3, 0.4) is 0 Å². The lowest BCUT2D eigenvalue weighted by atomic mass is 10.1. The highest BCUT2D eigenvalue weighted by molar-refractivity contribution is 5.83. The molecule has 0 bridgehead atoms. The van der Waals surface area contributed by atoms with E-state index in [-0.39, 0.29) is 11.6 Å². The predicted molar refractivity (Wildman–Crippen MR) is 133 cm³/mol. The van der Waals surface area contributed by atoms with Crippen LogP contribution >= 0.6 is 0 Å². The Hall–Kier alpha value is -4.32. The van der Waals surface area contributed by atoms with Gasteiger partial charge in [0.1, 0.15) is 17.7 Å². The molecule has 37 heavy (non-hydrogen) atoms. The largest absolute Gasteiger partial charge is 0.493 e. The summed E-state index contributed by atoms with van der Waals surface area (Å²) in [5.41, 5.74) is 0.975. The number of hydrogen-bond donors (Lipinski definition) is 0. The van der Waals surface area contributed by atoms with E-state index in [2.05, 4.69) is 9.97 Å². The summed E-state index contributed by atoms with van der Waals surface area (Å²) in [6.07, 6.45) is 4.73. The van der Waals surface area contributed by atoms with Gasteiger partial charge in [-0.25, -0.2) is 9.97 Å². The van der Waals surface area contributed by atoms with E-state index in [9.17, 15) is 13.2 Å². The first-order valence-electron chi connectivity index (χ1n) is 11.9. The van der Waals surface area contributed by atoms with E-state index < -0.39 is 11.7 Å². The fraction of sp³-hybridized carbons (Fsp3) is 0.250. The fourth-order valence-corrected chi connectivity index (χ4v) is 4.50. The SMILES string of the molecule is COc1cccc(C=Cc2nc3cc(C(F)(F)F)ccc3n2-c2ccc(C#N)cn2)c1OC1CCCC1. The Bertz CT molecular complexity index is 1500. The summed E-state index contributed by atoms with van der Waals surface area (Å²) in [7, 11) is 1.58. The summed E-state index contributed by atoms with van der Waals surface area (Å²) in [5, 5.41) is 9.12. The van der Waals surface area contributed by atoms with Crippen LogP contribution in [0.5, 0.6) is 11.5 Å². The number of aromatic nitrogens is 3. The number of alkyl halides is 3. The molecule has 4 aromatic rings. The molecule has 1 aliphatic rings. The minimum absolute atomic E-state index is 0.108. The summed E-state index contributed by atoms with van der Waals surface area (Å²) < 4.78 is 53.6. The molecule has 0 N–H and O–H groups in total. The van der Waals surface area contributed by atoms with Gasteiger partial charge in [0.15, 0.2) is 11.5 Å². The van der Waals surface area contributed by atoms with E-state index in [0.29, 0.717) is 34.2 Å². The topological polar surface area (TPSA) is 73.0 Å². The minimum Gasteiger partial charge on any atom is -0.493 e. The highest BCUT2D eigenvalue weighted by Gasteiger charge is 2.31. The number of halogens is 3. The van der Waals surface area contributed by atoms with Crippen molar-refractivity contribution in [3.8, 4) is 23.4 Å². The molecule has 0 amide bonds. The van der Waals surface area contributed by atoms with Crippen molar-refractivity contribution in [3.63, 3.8) is 0 Å². The van der Waals surface area contributed by atoms with Gasteiger partial charge in [0.2, 0.25) is 0 Å². The zero-order valence-electron chi connectivity index (χ0n) is 20.0. The van der Waals surface area contributed by atoms with Gasteiger partial charge in [-0.15, -0.1) is 0 Å². The van der Waals surface area contributed by atoms with Gasteiger partial charge in [0.05, 0.1) is 35.4 Å². The summed E-state index contributed by atoms with van der Waals surface area (Å²) in [6.45, 7) is 0. The van der Waals surface area contributed by atoms with E-state index >= 15 is 0 Å². The summed E-state index contributed by atoms with van der Waals surface area (Å²) in [4.78, 5) is 8.84. The zero-order valence-corrected chi connectivity index (χ0v) is 20.0. The predicted octanol–water partition coefficient (Wildman–Crippen LogP) is 6.81. The van der Waals surface area contributed by atoms with Crippen LogP contribution in [0.15, 0.2) is 54.7 Å².